The van der Waals surface area contributed by atoms with Gasteiger partial charge < -0.3 is 5.32 Å². The average Bonchev–Trinajstić information content (AvgIpc) is 3.24. The Balaban J connectivity index is 1.47. The van der Waals surface area contributed by atoms with Crippen molar-refractivity contribution in [1.82, 2.24) is 4.90 Å². The van der Waals surface area contributed by atoms with Gasteiger partial charge in [-0.05, 0) is 37.7 Å². The summed E-state index contributed by atoms with van der Waals surface area (Å²) in [6.07, 6.45) is 5.35. The lowest BCUT2D eigenvalue weighted by Gasteiger charge is -2.17. The molecule has 0 spiro atoms. The van der Waals surface area contributed by atoms with Gasteiger partial charge in [0.05, 0.1) is 17.4 Å². The molecule has 3 amide bonds. The summed E-state index contributed by atoms with van der Waals surface area (Å²) in [6.45, 7) is -0.324. The third-order valence-electron chi connectivity index (χ3n) is 5.25. The predicted molar refractivity (Wildman–Crippen MR) is 96.6 cm³/mol. The largest absolute Gasteiger partial charge is 0.315 e. The Hall–Kier alpha value is -2.17. The van der Waals surface area contributed by atoms with Gasteiger partial charge in [-0.15, -0.1) is 11.3 Å². The molecule has 1 aromatic heterocycles. The first-order chi connectivity index (χ1) is 12.5. The Bertz CT molecular complexity index is 898. The number of fused-ring (bicyclic) bond motifs is 2. The first-order valence-corrected chi connectivity index (χ1v) is 9.73. The summed E-state index contributed by atoms with van der Waals surface area (Å²) in [5.74, 6) is -1.99. The van der Waals surface area contributed by atoms with Crippen LogP contribution < -0.4 is 5.32 Å². The smallest absolute Gasteiger partial charge is 0.245 e. The van der Waals surface area contributed by atoms with E-state index in [-0.39, 0.29) is 18.4 Å². The highest BCUT2D eigenvalue weighted by Gasteiger charge is 2.48. The summed E-state index contributed by atoms with van der Waals surface area (Å²) in [7, 11) is 0. The molecule has 0 saturated carbocycles. The molecule has 2 atom stereocenters. The highest BCUT2D eigenvalue weighted by atomic mass is 35.5. The van der Waals surface area contributed by atoms with Crippen molar-refractivity contribution in [3.63, 3.8) is 0 Å². The molecule has 26 heavy (non-hydrogen) atoms. The number of aryl methyl sites for hydroxylation is 1. The Kier molecular flexibility index (Phi) is 4.33. The summed E-state index contributed by atoms with van der Waals surface area (Å²) in [4.78, 5) is 39.6. The first kappa shape index (κ1) is 17.3. The zero-order valence-corrected chi connectivity index (χ0v) is 15.5. The summed E-state index contributed by atoms with van der Waals surface area (Å²) in [5, 5.41) is 13.2. The molecule has 0 radical (unpaired) electrons. The van der Waals surface area contributed by atoms with Crippen molar-refractivity contribution in [3.8, 4) is 6.07 Å². The van der Waals surface area contributed by atoms with Gasteiger partial charge in [-0.3, -0.25) is 19.3 Å². The fraction of sp³-hybridized carbons (Fsp3) is 0.444. The summed E-state index contributed by atoms with van der Waals surface area (Å²) in [6, 6.07) is 2.16. The van der Waals surface area contributed by atoms with E-state index in [0.29, 0.717) is 28.4 Å². The molecule has 1 aliphatic heterocycles. The van der Waals surface area contributed by atoms with Crippen LogP contribution in [0, 0.1) is 23.2 Å². The lowest BCUT2D eigenvalue weighted by atomic mass is 9.85. The highest BCUT2D eigenvalue weighted by molar-refractivity contribution is 7.16. The highest BCUT2D eigenvalue weighted by Crippen LogP contribution is 2.40. The molecule has 0 aromatic carbocycles. The number of allylic oxidation sites excluding steroid dienone is 2. The van der Waals surface area contributed by atoms with Crippen molar-refractivity contribution in [2.75, 3.05) is 11.9 Å². The second-order valence-corrected chi connectivity index (χ2v) is 8.38. The quantitative estimate of drug-likeness (QED) is 0.804. The van der Waals surface area contributed by atoms with Gasteiger partial charge in [0.25, 0.3) is 0 Å². The van der Waals surface area contributed by atoms with Crippen LogP contribution in [-0.2, 0) is 27.2 Å². The number of amides is 3. The maximum absolute atomic E-state index is 12.5. The van der Waals surface area contributed by atoms with E-state index >= 15 is 0 Å². The normalized spacial score (nSPS) is 24.2. The molecule has 0 bridgehead atoms. The molecule has 134 valence electrons. The van der Waals surface area contributed by atoms with Crippen LogP contribution in [0.4, 0.5) is 5.00 Å². The number of rotatable bonds is 3. The van der Waals surface area contributed by atoms with Crippen molar-refractivity contribution < 1.29 is 14.4 Å². The zero-order valence-electron chi connectivity index (χ0n) is 13.9. The summed E-state index contributed by atoms with van der Waals surface area (Å²) >= 11 is 7.41. The Labute approximate surface area is 159 Å². The van der Waals surface area contributed by atoms with Gasteiger partial charge >= 0.3 is 0 Å². The van der Waals surface area contributed by atoms with Crippen molar-refractivity contribution >= 4 is 45.7 Å². The molecule has 2 aliphatic carbocycles. The number of imide groups is 1. The Morgan fingerprint density at radius 1 is 1.35 bits per heavy atom. The molecule has 2 heterocycles. The summed E-state index contributed by atoms with van der Waals surface area (Å²) < 4.78 is 0. The minimum Gasteiger partial charge on any atom is -0.315 e. The predicted octanol–water partition coefficient (Wildman–Crippen LogP) is 2.56. The molecular formula is C18H16ClN3O3S. The van der Waals surface area contributed by atoms with Crippen molar-refractivity contribution in [2.45, 2.75) is 32.1 Å². The van der Waals surface area contributed by atoms with Crippen LogP contribution in [0.3, 0.4) is 0 Å². The number of hydrogen-bond acceptors (Lipinski definition) is 5. The second-order valence-electron chi connectivity index (χ2n) is 6.79. The SMILES string of the molecule is N#Cc1c(NC(=O)CN2C(=O)[C@@H]3CC=C(Cl)C[C@H]3C2=O)sc2c1CCC2. The number of nitrogens with zero attached hydrogens (tertiary/aromatic N) is 2. The van der Waals surface area contributed by atoms with Crippen molar-refractivity contribution in [2.24, 2.45) is 11.8 Å². The van der Waals surface area contributed by atoms with Gasteiger partial charge in [-0.1, -0.05) is 17.7 Å². The van der Waals surface area contributed by atoms with Crippen molar-refractivity contribution in [1.29, 1.82) is 5.26 Å². The van der Waals surface area contributed by atoms with Gasteiger partial charge in [0, 0.05) is 9.91 Å². The molecule has 1 fully saturated rings. The van der Waals surface area contributed by atoms with E-state index in [0.717, 1.165) is 34.6 Å². The fourth-order valence-electron chi connectivity index (χ4n) is 3.97. The van der Waals surface area contributed by atoms with Gasteiger partial charge in [0.2, 0.25) is 17.7 Å². The first-order valence-electron chi connectivity index (χ1n) is 8.53. The molecule has 1 saturated heterocycles. The molecule has 4 rings (SSSR count). The van der Waals surface area contributed by atoms with Gasteiger partial charge in [0.1, 0.15) is 17.6 Å². The van der Waals surface area contributed by atoms with Crippen LogP contribution in [0.5, 0.6) is 0 Å². The number of thiophene rings is 1. The van der Waals surface area contributed by atoms with Gasteiger partial charge in [0.15, 0.2) is 0 Å². The van der Waals surface area contributed by atoms with Crippen LogP contribution in [0.25, 0.3) is 0 Å². The Morgan fingerprint density at radius 2 is 2.12 bits per heavy atom. The molecule has 3 aliphatic rings. The number of carbonyl (C=O) groups excluding carboxylic acids is 3. The number of hydrogen-bond donors (Lipinski definition) is 1. The maximum atomic E-state index is 12.5. The van der Waals surface area contributed by atoms with Crippen LogP contribution in [-0.4, -0.2) is 29.2 Å². The van der Waals surface area contributed by atoms with E-state index in [4.69, 9.17) is 11.6 Å². The number of likely N-dealkylation sites (tertiary alicyclic amines) is 1. The number of nitrogens with one attached hydrogen (secondary N) is 1. The molecular weight excluding hydrogens is 374 g/mol. The van der Waals surface area contributed by atoms with E-state index in [1.165, 1.54) is 11.3 Å². The van der Waals surface area contributed by atoms with Crippen LogP contribution in [0.15, 0.2) is 11.1 Å². The lowest BCUT2D eigenvalue weighted by Crippen LogP contribution is -2.38. The molecule has 0 unspecified atom stereocenters. The molecule has 1 aromatic rings. The fourth-order valence-corrected chi connectivity index (χ4v) is 5.48. The average molecular weight is 390 g/mol. The molecule has 1 N–H and O–H groups in total. The standard InChI is InChI=1S/C18H16ClN3O3S/c19-9-4-5-11-12(6-9)18(25)22(17(11)24)8-15(23)21-16-13(7-20)10-2-1-3-14(10)26-16/h4,11-12H,1-3,5-6,8H2,(H,21,23)/t11-,12-/m1/s1. The minimum absolute atomic E-state index is 0.315. The van der Waals surface area contributed by atoms with Crippen LogP contribution >= 0.6 is 22.9 Å². The van der Waals surface area contributed by atoms with E-state index in [1.807, 2.05) is 0 Å². The number of carbonyl (C=O) groups is 3. The van der Waals surface area contributed by atoms with Crippen LogP contribution in [0.2, 0.25) is 0 Å². The monoisotopic (exact) mass is 389 g/mol. The Morgan fingerprint density at radius 3 is 2.88 bits per heavy atom. The van der Waals surface area contributed by atoms with Gasteiger partial charge in [-0.2, -0.15) is 5.26 Å². The molecule has 6 nitrogen and oxygen atoms in total. The van der Waals surface area contributed by atoms with Crippen LogP contribution in [0.1, 0.15) is 35.3 Å². The third kappa shape index (κ3) is 2.74. The summed E-state index contributed by atoms with van der Waals surface area (Å²) in [5.41, 5.74) is 1.53. The van der Waals surface area contributed by atoms with E-state index in [9.17, 15) is 19.6 Å². The third-order valence-corrected chi connectivity index (χ3v) is 6.76. The van der Waals surface area contributed by atoms with E-state index in [1.54, 1.807) is 6.08 Å². The molecule has 8 heteroatoms. The lowest BCUT2D eigenvalue weighted by molar-refractivity contribution is -0.142. The number of nitriles is 1. The number of anilines is 1. The zero-order chi connectivity index (χ0) is 18.4. The maximum Gasteiger partial charge on any atom is 0.245 e. The van der Waals surface area contributed by atoms with E-state index in [2.05, 4.69) is 11.4 Å². The van der Waals surface area contributed by atoms with Gasteiger partial charge in [-0.25, -0.2) is 0 Å². The topological polar surface area (TPSA) is 90.3 Å². The van der Waals surface area contributed by atoms with E-state index < -0.39 is 17.7 Å². The number of halogens is 1. The van der Waals surface area contributed by atoms with Crippen molar-refractivity contribution in [3.05, 3.63) is 27.1 Å². The minimum atomic E-state index is -0.465. The second kappa shape index (κ2) is 6.53.